The quantitative estimate of drug-likeness (QED) is 0.816. The van der Waals surface area contributed by atoms with Crippen molar-refractivity contribution in [3.05, 3.63) is 59.3 Å². The number of aliphatic hydroxyl groups is 1. The van der Waals surface area contributed by atoms with Gasteiger partial charge in [-0.2, -0.15) is 0 Å². The second-order valence-electron chi connectivity index (χ2n) is 5.09. The van der Waals surface area contributed by atoms with Gasteiger partial charge in [0, 0.05) is 0 Å². The van der Waals surface area contributed by atoms with E-state index in [1.807, 2.05) is 0 Å². The molecule has 1 unspecified atom stereocenters. The van der Waals surface area contributed by atoms with Gasteiger partial charge in [-0.25, -0.2) is 0 Å². The largest absolute Gasteiger partial charge is 0.503 e. The molecule has 2 aromatic rings. The van der Waals surface area contributed by atoms with Crippen LogP contribution in [-0.2, 0) is 4.79 Å². The summed E-state index contributed by atoms with van der Waals surface area (Å²) in [7, 11) is 2.99. The number of nitrogens with one attached hydrogen (secondary N) is 1. The number of methoxy groups -OCH3 is 2. The first-order valence-electron chi connectivity index (χ1n) is 7.11. The molecule has 0 fully saturated rings. The van der Waals surface area contributed by atoms with Gasteiger partial charge in [0.15, 0.2) is 23.0 Å². The summed E-state index contributed by atoms with van der Waals surface area (Å²) in [5, 5.41) is 12.6. The van der Waals surface area contributed by atoms with Gasteiger partial charge < -0.3 is 24.3 Å². The summed E-state index contributed by atoms with van der Waals surface area (Å²) in [5.74, 6) is -0.895. The molecule has 0 bridgehead atoms. The van der Waals surface area contributed by atoms with Gasteiger partial charge in [0.1, 0.15) is 0 Å². The zero-order chi connectivity index (χ0) is 17.3. The smallest absolute Gasteiger partial charge is 0.287 e. The van der Waals surface area contributed by atoms with E-state index in [0.29, 0.717) is 17.1 Å². The predicted molar refractivity (Wildman–Crippen MR) is 83.1 cm³/mol. The Labute approximate surface area is 137 Å². The van der Waals surface area contributed by atoms with Crippen molar-refractivity contribution in [3.63, 3.8) is 0 Å². The summed E-state index contributed by atoms with van der Waals surface area (Å²) in [5.41, 5.74) is 0.502. The Hall–Kier alpha value is -3.22. The van der Waals surface area contributed by atoms with E-state index in [1.54, 1.807) is 24.3 Å². The number of hydrogen-bond donors (Lipinski definition) is 2. The van der Waals surface area contributed by atoms with Gasteiger partial charge in [-0.05, 0) is 29.8 Å². The van der Waals surface area contributed by atoms with Crippen molar-refractivity contribution >= 4 is 11.7 Å². The third kappa shape index (κ3) is 2.50. The number of hydrogen-bond acceptors (Lipinski definition) is 6. The fraction of sp³-hybridized carbons (Fsp3) is 0.176. The van der Waals surface area contributed by atoms with Gasteiger partial charge >= 0.3 is 0 Å². The van der Waals surface area contributed by atoms with Crippen molar-refractivity contribution in [1.29, 1.82) is 0 Å². The molecule has 3 rings (SSSR count). The van der Waals surface area contributed by atoms with Crippen LogP contribution in [0.2, 0.25) is 0 Å². The van der Waals surface area contributed by atoms with Gasteiger partial charge in [0.25, 0.3) is 5.91 Å². The number of ether oxygens (including phenoxy) is 2. The third-order valence-corrected chi connectivity index (χ3v) is 3.76. The van der Waals surface area contributed by atoms with E-state index in [2.05, 4.69) is 5.32 Å². The average molecular weight is 329 g/mol. The van der Waals surface area contributed by atoms with Crippen LogP contribution in [0.5, 0.6) is 11.5 Å². The number of ketones is 1. The molecule has 2 N–H and O–H groups in total. The van der Waals surface area contributed by atoms with Crippen molar-refractivity contribution in [2.75, 3.05) is 14.2 Å². The molecule has 7 heteroatoms. The van der Waals surface area contributed by atoms with Crippen LogP contribution in [0, 0.1) is 0 Å². The summed E-state index contributed by atoms with van der Waals surface area (Å²) in [4.78, 5) is 24.4. The summed E-state index contributed by atoms with van der Waals surface area (Å²) in [6.45, 7) is 0. The number of furan rings is 1. The maximum Gasteiger partial charge on any atom is 0.287 e. The molecule has 7 nitrogen and oxygen atoms in total. The second kappa shape index (κ2) is 6.11. The van der Waals surface area contributed by atoms with Crippen molar-refractivity contribution < 1.29 is 28.6 Å². The highest BCUT2D eigenvalue weighted by molar-refractivity contribution is 6.15. The number of amides is 1. The highest BCUT2D eigenvalue weighted by Gasteiger charge is 2.38. The lowest BCUT2D eigenvalue weighted by Gasteiger charge is -2.16. The van der Waals surface area contributed by atoms with Crippen LogP contribution in [0.15, 0.2) is 52.3 Å². The molecule has 0 spiro atoms. The van der Waals surface area contributed by atoms with E-state index in [1.165, 1.54) is 26.5 Å². The lowest BCUT2D eigenvalue weighted by atomic mass is 9.95. The normalized spacial score (nSPS) is 16.9. The molecular weight excluding hydrogens is 314 g/mol. The monoisotopic (exact) mass is 329 g/mol. The maximum atomic E-state index is 12.6. The fourth-order valence-corrected chi connectivity index (χ4v) is 2.59. The highest BCUT2D eigenvalue weighted by atomic mass is 16.5. The minimum atomic E-state index is -0.810. The third-order valence-electron chi connectivity index (χ3n) is 3.76. The van der Waals surface area contributed by atoms with Crippen molar-refractivity contribution in [1.82, 2.24) is 5.32 Å². The first kappa shape index (κ1) is 15.7. The number of carbonyl (C=O) groups excluding carboxylic acids is 2. The van der Waals surface area contributed by atoms with Crippen LogP contribution < -0.4 is 14.8 Å². The summed E-state index contributed by atoms with van der Waals surface area (Å²) in [6, 6.07) is 7.19. The molecule has 124 valence electrons. The lowest BCUT2D eigenvalue weighted by molar-refractivity contribution is -0.119. The number of benzene rings is 1. The Bertz CT molecular complexity index is 822. The highest BCUT2D eigenvalue weighted by Crippen LogP contribution is 2.36. The van der Waals surface area contributed by atoms with Gasteiger partial charge in [-0.15, -0.1) is 0 Å². The first-order valence-corrected chi connectivity index (χ1v) is 7.11. The minimum Gasteiger partial charge on any atom is -0.503 e. The Morgan fingerprint density at radius 2 is 1.96 bits per heavy atom. The fourth-order valence-electron chi connectivity index (χ4n) is 2.59. The van der Waals surface area contributed by atoms with E-state index in [4.69, 9.17) is 13.9 Å². The van der Waals surface area contributed by atoms with E-state index >= 15 is 0 Å². The van der Waals surface area contributed by atoms with Gasteiger partial charge in [-0.3, -0.25) is 9.59 Å². The predicted octanol–water partition coefficient (Wildman–Crippen LogP) is 2.16. The molecule has 1 aromatic carbocycles. The molecule has 0 aliphatic carbocycles. The number of aliphatic hydroxyl groups excluding tert-OH is 1. The molecule has 1 atom stereocenters. The molecular formula is C17H15NO6. The van der Waals surface area contributed by atoms with E-state index < -0.39 is 23.5 Å². The van der Waals surface area contributed by atoms with Crippen LogP contribution in [0.25, 0.3) is 0 Å². The van der Waals surface area contributed by atoms with Crippen LogP contribution in [0.1, 0.15) is 22.2 Å². The zero-order valence-electron chi connectivity index (χ0n) is 13.0. The Kier molecular flexibility index (Phi) is 3.99. The molecule has 1 amide bonds. The molecule has 1 aromatic heterocycles. The van der Waals surface area contributed by atoms with E-state index in [-0.39, 0.29) is 11.3 Å². The standard InChI is InChI=1S/C17H15NO6/c1-22-10-6-5-9(8-12(10)23-2)14-13(16(20)17(21)18-14)15(19)11-4-3-7-24-11/h3-8,14,20H,1-2H3,(H,18,21). The summed E-state index contributed by atoms with van der Waals surface area (Å²) in [6.07, 6.45) is 1.35. The van der Waals surface area contributed by atoms with Crippen LogP contribution in [0.3, 0.4) is 0 Å². The molecule has 2 heterocycles. The second-order valence-corrected chi connectivity index (χ2v) is 5.09. The molecule has 0 radical (unpaired) electrons. The molecule has 1 aliphatic rings. The Balaban J connectivity index is 2.04. The van der Waals surface area contributed by atoms with E-state index in [0.717, 1.165) is 0 Å². The lowest BCUT2D eigenvalue weighted by Crippen LogP contribution is -2.23. The SMILES string of the molecule is COc1ccc(C2NC(=O)C(O)=C2C(=O)c2ccco2)cc1OC. The average Bonchev–Trinajstić information content (AvgIpc) is 3.23. The number of carbonyl (C=O) groups is 2. The van der Waals surface area contributed by atoms with Gasteiger partial charge in [0.2, 0.25) is 5.78 Å². The van der Waals surface area contributed by atoms with E-state index in [9.17, 15) is 14.7 Å². The summed E-state index contributed by atoms with van der Waals surface area (Å²) < 4.78 is 15.5. The van der Waals surface area contributed by atoms with Gasteiger partial charge in [0.05, 0.1) is 32.1 Å². The molecule has 0 saturated carbocycles. The Morgan fingerprint density at radius 1 is 1.21 bits per heavy atom. The molecule has 24 heavy (non-hydrogen) atoms. The van der Waals surface area contributed by atoms with Crippen molar-refractivity contribution in [3.8, 4) is 11.5 Å². The number of Topliss-reactive ketones (excluding diaryl/α,β-unsaturated/α-hetero) is 1. The number of rotatable bonds is 5. The maximum absolute atomic E-state index is 12.6. The molecule has 1 aliphatic heterocycles. The topological polar surface area (TPSA) is 98.0 Å². The van der Waals surface area contributed by atoms with Crippen LogP contribution >= 0.6 is 0 Å². The minimum absolute atomic E-state index is 0.0403. The first-order chi connectivity index (χ1) is 11.6. The summed E-state index contributed by atoms with van der Waals surface area (Å²) >= 11 is 0. The van der Waals surface area contributed by atoms with Gasteiger partial charge in [-0.1, -0.05) is 6.07 Å². The Morgan fingerprint density at radius 3 is 2.58 bits per heavy atom. The van der Waals surface area contributed by atoms with Crippen LogP contribution in [0.4, 0.5) is 0 Å². The van der Waals surface area contributed by atoms with Crippen LogP contribution in [-0.4, -0.2) is 31.0 Å². The van der Waals surface area contributed by atoms with Crippen molar-refractivity contribution in [2.24, 2.45) is 0 Å². The molecule has 0 saturated heterocycles. The zero-order valence-corrected chi connectivity index (χ0v) is 13.0. The van der Waals surface area contributed by atoms with Crippen molar-refractivity contribution in [2.45, 2.75) is 6.04 Å².